The highest BCUT2D eigenvalue weighted by Gasteiger charge is 2.50. The molecular weight excluding hydrogens is 424 g/mol. The third-order valence-corrected chi connectivity index (χ3v) is 6.00. The van der Waals surface area contributed by atoms with Crippen LogP contribution in [0.1, 0.15) is 20.9 Å². The number of hydrogen-bond acceptors (Lipinski definition) is 5. The van der Waals surface area contributed by atoms with Crippen LogP contribution in [0.25, 0.3) is 11.1 Å². The quantitative estimate of drug-likeness (QED) is 0.530. The minimum atomic E-state index is -1.48. The molecule has 1 unspecified atom stereocenters. The van der Waals surface area contributed by atoms with Gasteiger partial charge in [0, 0.05) is 4.88 Å². The van der Waals surface area contributed by atoms with E-state index in [1.165, 1.54) is 11.3 Å². The molecule has 1 aliphatic rings. The second-order valence-corrected chi connectivity index (χ2v) is 8.25. The van der Waals surface area contributed by atoms with Crippen LogP contribution in [0.2, 0.25) is 5.02 Å². The summed E-state index contributed by atoms with van der Waals surface area (Å²) in [5.41, 5.74) is 2.30. The zero-order valence-corrected chi connectivity index (χ0v) is 17.4. The minimum Gasteiger partial charge on any atom is -0.349 e. The summed E-state index contributed by atoms with van der Waals surface area (Å²) >= 11 is 7.71. The SMILES string of the molecule is Cc1scnc1C1(CNC(=O)c2c(Cl)cccc2-c2ccccc2)NC(=O)NC1=O. The Hall–Kier alpha value is -3.23. The first kappa shape index (κ1) is 20.1. The van der Waals surface area contributed by atoms with Crippen molar-refractivity contribution in [3.05, 3.63) is 75.2 Å². The maximum absolute atomic E-state index is 13.1. The number of amides is 4. The first-order valence-electron chi connectivity index (χ1n) is 9.08. The van der Waals surface area contributed by atoms with Crippen molar-refractivity contribution in [1.29, 1.82) is 0 Å². The molecule has 0 aliphatic carbocycles. The summed E-state index contributed by atoms with van der Waals surface area (Å²) in [5, 5.41) is 7.91. The summed E-state index contributed by atoms with van der Waals surface area (Å²) in [6.07, 6.45) is 0. The van der Waals surface area contributed by atoms with Crippen molar-refractivity contribution in [3.63, 3.8) is 0 Å². The summed E-state index contributed by atoms with van der Waals surface area (Å²) < 4.78 is 0. The Kier molecular flexibility index (Phi) is 5.27. The summed E-state index contributed by atoms with van der Waals surface area (Å²) in [7, 11) is 0. The lowest BCUT2D eigenvalue weighted by Gasteiger charge is -2.25. The molecule has 1 aromatic heterocycles. The van der Waals surface area contributed by atoms with Gasteiger partial charge in [-0.05, 0) is 24.1 Å². The number of carbonyl (C=O) groups is 3. The van der Waals surface area contributed by atoms with E-state index < -0.39 is 23.4 Å². The highest BCUT2D eigenvalue weighted by molar-refractivity contribution is 7.09. The predicted molar refractivity (Wildman–Crippen MR) is 114 cm³/mol. The molecule has 7 nitrogen and oxygen atoms in total. The first-order valence-corrected chi connectivity index (χ1v) is 10.3. The molecule has 1 aliphatic heterocycles. The number of urea groups is 1. The number of aryl methyl sites for hydroxylation is 1. The lowest BCUT2D eigenvalue weighted by atomic mass is 9.93. The van der Waals surface area contributed by atoms with Crippen LogP contribution in [0.5, 0.6) is 0 Å². The minimum absolute atomic E-state index is 0.173. The largest absolute Gasteiger partial charge is 0.349 e. The summed E-state index contributed by atoms with van der Waals surface area (Å²) in [6, 6.07) is 14.0. The third-order valence-electron chi connectivity index (χ3n) is 4.93. The van der Waals surface area contributed by atoms with Crippen LogP contribution in [-0.2, 0) is 10.3 Å². The molecule has 30 heavy (non-hydrogen) atoms. The second-order valence-electron chi connectivity index (χ2n) is 6.78. The Morgan fingerprint density at radius 2 is 1.93 bits per heavy atom. The summed E-state index contributed by atoms with van der Waals surface area (Å²) in [4.78, 5) is 42.7. The molecule has 1 atom stereocenters. The van der Waals surface area contributed by atoms with Gasteiger partial charge in [-0.3, -0.25) is 14.9 Å². The van der Waals surface area contributed by atoms with Crippen molar-refractivity contribution in [3.8, 4) is 11.1 Å². The average Bonchev–Trinajstić information content (AvgIpc) is 3.29. The Labute approximate surface area is 181 Å². The summed E-state index contributed by atoms with van der Waals surface area (Å²) in [6.45, 7) is 1.63. The van der Waals surface area contributed by atoms with Crippen LogP contribution >= 0.6 is 22.9 Å². The lowest BCUT2D eigenvalue weighted by molar-refractivity contribution is -0.124. The number of thiazole rings is 1. The second kappa shape index (κ2) is 7.89. The van der Waals surface area contributed by atoms with Crippen LogP contribution in [-0.4, -0.2) is 29.4 Å². The van der Waals surface area contributed by atoms with E-state index in [1.807, 2.05) is 30.3 Å². The molecule has 0 spiro atoms. The maximum atomic E-state index is 13.1. The van der Waals surface area contributed by atoms with Gasteiger partial charge in [-0.1, -0.05) is 54.1 Å². The number of nitrogens with one attached hydrogen (secondary N) is 3. The van der Waals surface area contributed by atoms with Gasteiger partial charge in [0.25, 0.3) is 11.8 Å². The van der Waals surface area contributed by atoms with Crippen molar-refractivity contribution >= 4 is 40.8 Å². The zero-order valence-electron chi connectivity index (χ0n) is 15.9. The van der Waals surface area contributed by atoms with E-state index in [0.717, 1.165) is 10.4 Å². The molecule has 0 radical (unpaired) electrons. The van der Waals surface area contributed by atoms with Gasteiger partial charge in [0.15, 0.2) is 5.54 Å². The van der Waals surface area contributed by atoms with E-state index in [4.69, 9.17) is 11.6 Å². The van der Waals surface area contributed by atoms with Gasteiger partial charge in [0.1, 0.15) is 0 Å². The number of benzene rings is 2. The smallest absolute Gasteiger partial charge is 0.322 e. The van der Waals surface area contributed by atoms with Gasteiger partial charge in [-0.15, -0.1) is 11.3 Å². The third kappa shape index (κ3) is 3.44. The molecule has 0 saturated carbocycles. The normalized spacial score (nSPS) is 18.1. The Morgan fingerprint density at radius 3 is 2.57 bits per heavy atom. The number of nitrogens with zero attached hydrogens (tertiary/aromatic N) is 1. The number of halogens is 1. The van der Waals surface area contributed by atoms with Crippen LogP contribution in [0, 0.1) is 6.92 Å². The molecule has 3 aromatic rings. The van der Waals surface area contributed by atoms with Gasteiger partial charge in [0.05, 0.1) is 28.3 Å². The molecule has 4 amide bonds. The number of carbonyl (C=O) groups excluding carboxylic acids is 3. The van der Waals surface area contributed by atoms with E-state index in [9.17, 15) is 14.4 Å². The van der Waals surface area contributed by atoms with Crippen molar-refractivity contribution in [2.75, 3.05) is 6.54 Å². The van der Waals surface area contributed by atoms with E-state index in [0.29, 0.717) is 16.8 Å². The fourth-order valence-electron chi connectivity index (χ4n) is 3.50. The van der Waals surface area contributed by atoms with Crippen molar-refractivity contribution in [1.82, 2.24) is 20.9 Å². The Morgan fingerprint density at radius 1 is 1.17 bits per heavy atom. The van der Waals surface area contributed by atoms with Crippen LogP contribution in [0.4, 0.5) is 4.79 Å². The maximum Gasteiger partial charge on any atom is 0.322 e. The summed E-state index contributed by atoms with van der Waals surface area (Å²) in [5.74, 6) is -1.02. The van der Waals surface area contributed by atoms with Crippen molar-refractivity contribution in [2.45, 2.75) is 12.5 Å². The monoisotopic (exact) mass is 440 g/mol. The standard InChI is InChI=1S/C21H17ClN4O3S/c1-12-17(24-11-30-12)21(19(28)25-20(29)26-21)10-23-18(27)16-14(8-5-9-15(16)22)13-6-3-2-4-7-13/h2-9,11H,10H2,1H3,(H,23,27)(H2,25,26,28,29). The molecule has 9 heteroatoms. The van der Waals surface area contributed by atoms with E-state index in [-0.39, 0.29) is 11.6 Å². The Balaban J connectivity index is 1.67. The predicted octanol–water partition coefficient (Wildman–Crippen LogP) is 3.24. The number of aromatic nitrogens is 1. The Bertz CT molecular complexity index is 1150. The van der Waals surface area contributed by atoms with Gasteiger partial charge < -0.3 is 10.6 Å². The molecule has 1 fully saturated rings. The fourth-order valence-corrected chi connectivity index (χ4v) is 4.41. The van der Waals surface area contributed by atoms with Gasteiger partial charge in [-0.2, -0.15) is 0 Å². The zero-order chi connectivity index (χ0) is 21.3. The first-order chi connectivity index (χ1) is 14.4. The molecular formula is C21H17ClN4O3S. The molecule has 2 heterocycles. The van der Waals surface area contributed by atoms with Crippen LogP contribution in [0.3, 0.4) is 0 Å². The van der Waals surface area contributed by atoms with E-state index >= 15 is 0 Å². The average molecular weight is 441 g/mol. The van der Waals surface area contributed by atoms with Gasteiger partial charge in [0.2, 0.25) is 0 Å². The van der Waals surface area contributed by atoms with E-state index in [1.54, 1.807) is 30.6 Å². The molecule has 4 rings (SSSR count). The fraction of sp³-hybridized carbons (Fsp3) is 0.143. The molecule has 3 N–H and O–H groups in total. The van der Waals surface area contributed by atoms with Crippen molar-refractivity contribution in [2.24, 2.45) is 0 Å². The topological polar surface area (TPSA) is 100 Å². The lowest BCUT2D eigenvalue weighted by Crippen LogP contribution is -2.53. The van der Waals surface area contributed by atoms with Crippen LogP contribution in [0.15, 0.2) is 54.0 Å². The molecule has 0 bridgehead atoms. The number of imide groups is 1. The molecule has 152 valence electrons. The molecule has 2 aromatic carbocycles. The number of hydrogen-bond donors (Lipinski definition) is 3. The highest BCUT2D eigenvalue weighted by Crippen LogP contribution is 2.31. The number of rotatable bonds is 5. The van der Waals surface area contributed by atoms with Crippen LogP contribution < -0.4 is 16.0 Å². The molecule has 1 saturated heterocycles. The highest BCUT2D eigenvalue weighted by atomic mass is 35.5. The van der Waals surface area contributed by atoms with Gasteiger partial charge in [-0.25, -0.2) is 9.78 Å². The van der Waals surface area contributed by atoms with E-state index in [2.05, 4.69) is 20.9 Å². The van der Waals surface area contributed by atoms with Gasteiger partial charge >= 0.3 is 6.03 Å². The van der Waals surface area contributed by atoms with Crippen molar-refractivity contribution < 1.29 is 14.4 Å².